The van der Waals surface area contributed by atoms with Gasteiger partial charge in [-0.15, -0.1) is 11.3 Å². The minimum absolute atomic E-state index is 0.106. The monoisotopic (exact) mass is 430 g/mol. The second-order valence-corrected chi connectivity index (χ2v) is 8.41. The van der Waals surface area contributed by atoms with E-state index in [9.17, 15) is 13.2 Å². The molecule has 0 bridgehead atoms. The van der Waals surface area contributed by atoms with Crippen molar-refractivity contribution in [3.63, 3.8) is 0 Å². The van der Waals surface area contributed by atoms with Crippen molar-refractivity contribution in [1.29, 1.82) is 0 Å². The number of pyridine rings is 2. The van der Waals surface area contributed by atoms with Gasteiger partial charge in [-0.05, 0) is 31.5 Å². The summed E-state index contributed by atoms with van der Waals surface area (Å²) in [6.07, 6.45) is -1.01. The highest BCUT2D eigenvalue weighted by molar-refractivity contribution is 7.26. The lowest BCUT2D eigenvalue weighted by atomic mass is 10.1. The predicted octanol–water partition coefficient (Wildman–Crippen LogP) is 4.57. The summed E-state index contributed by atoms with van der Waals surface area (Å²) >= 11 is 1.61. The van der Waals surface area contributed by atoms with Gasteiger partial charge in [0.25, 0.3) is 0 Å². The molecule has 0 unspecified atom stereocenters. The molecule has 1 saturated heterocycles. The number of halogens is 3. The fourth-order valence-corrected chi connectivity index (χ4v) is 4.95. The van der Waals surface area contributed by atoms with Crippen LogP contribution in [0.3, 0.4) is 0 Å². The molecule has 30 heavy (non-hydrogen) atoms. The summed E-state index contributed by atoms with van der Waals surface area (Å²) in [6, 6.07) is 4.19. The molecule has 1 aliphatic heterocycles. The maximum atomic E-state index is 12.7. The molecule has 0 amide bonds. The second kappa shape index (κ2) is 6.76. The van der Waals surface area contributed by atoms with Crippen LogP contribution in [0.4, 0.5) is 24.9 Å². The number of hydrogen-bond acceptors (Lipinski definition) is 7. The van der Waals surface area contributed by atoms with Crippen LogP contribution < -0.4 is 10.2 Å². The van der Waals surface area contributed by atoms with Gasteiger partial charge in [-0.2, -0.15) is 13.2 Å². The first-order chi connectivity index (χ1) is 14.3. The largest absolute Gasteiger partial charge is 0.419 e. The number of alkyl halides is 3. The fraction of sp³-hybridized carbons (Fsp3) is 0.300. The van der Waals surface area contributed by atoms with E-state index < -0.39 is 11.7 Å². The third-order valence-electron chi connectivity index (χ3n) is 5.15. The minimum atomic E-state index is -4.43. The van der Waals surface area contributed by atoms with Crippen molar-refractivity contribution >= 4 is 43.4 Å². The highest BCUT2D eigenvalue weighted by Gasteiger charge is 2.33. The molecule has 6 nitrogen and oxygen atoms in total. The summed E-state index contributed by atoms with van der Waals surface area (Å²) in [4.78, 5) is 19.7. The van der Waals surface area contributed by atoms with Crippen molar-refractivity contribution in [2.24, 2.45) is 0 Å². The van der Waals surface area contributed by atoms with E-state index in [-0.39, 0.29) is 6.04 Å². The van der Waals surface area contributed by atoms with E-state index in [1.807, 2.05) is 17.9 Å². The molecule has 0 radical (unpaired) electrons. The molecule has 0 atom stereocenters. The Balaban J connectivity index is 1.35. The van der Waals surface area contributed by atoms with Crippen LogP contribution in [0.1, 0.15) is 16.8 Å². The van der Waals surface area contributed by atoms with Crippen molar-refractivity contribution < 1.29 is 13.2 Å². The maximum Gasteiger partial charge on any atom is 0.419 e. The highest BCUT2D eigenvalue weighted by Crippen LogP contribution is 2.38. The molecular formula is C20H17F3N6S. The van der Waals surface area contributed by atoms with Gasteiger partial charge in [0, 0.05) is 48.1 Å². The van der Waals surface area contributed by atoms with E-state index in [0.29, 0.717) is 19.0 Å². The van der Waals surface area contributed by atoms with Crippen molar-refractivity contribution in [3.05, 3.63) is 47.5 Å². The Labute approximate surface area is 173 Å². The van der Waals surface area contributed by atoms with Gasteiger partial charge in [0.1, 0.15) is 10.6 Å². The topological polar surface area (TPSA) is 66.8 Å². The van der Waals surface area contributed by atoms with Crippen molar-refractivity contribution in [1.82, 2.24) is 19.9 Å². The molecule has 5 heterocycles. The molecule has 1 N–H and O–H groups in total. The van der Waals surface area contributed by atoms with Crippen LogP contribution in [0, 0.1) is 13.8 Å². The van der Waals surface area contributed by atoms with Crippen LogP contribution in [0.2, 0.25) is 0 Å². The number of aryl methyl sites for hydroxylation is 2. The Morgan fingerprint density at radius 2 is 1.87 bits per heavy atom. The van der Waals surface area contributed by atoms with Crippen LogP contribution >= 0.6 is 11.3 Å². The first-order valence-electron chi connectivity index (χ1n) is 9.36. The zero-order valence-electron chi connectivity index (χ0n) is 16.2. The van der Waals surface area contributed by atoms with Crippen LogP contribution in [0.15, 0.2) is 30.7 Å². The molecule has 0 spiro atoms. The molecule has 1 aliphatic rings. The number of hydrogen-bond donors (Lipinski definition) is 1. The van der Waals surface area contributed by atoms with E-state index >= 15 is 0 Å². The molecule has 0 saturated carbocycles. The summed E-state index contributed by atoms with van der Waals surface area (Å²) in [5.74, 6) is 1.09. The number of nitrogens with zero attached hydrogens (tertiary/aromatic N) is 5. The van der Waals surface area contributed by atoms with Gasteiger partial charge in [-0.1, -0.05) is 0 Å². The average Bonchev–Trinajstić information content (AvgIpc) is 3.03. The molecule has 4 aromatic heterocycles. The highest BCUT2D eigenvalue weighted by atomic mass is 32.1. The average molecular weight is 430 g/mol. The number of thiophene rings is 1. The van der Waals surface area contributed by atoms with Crippen LogP contribution in [-0.4, -0.2) is 39.1 Å². The first kappa shape index (κ1) is 19.0. The number of aromatic nitrogens is 4. The SMILES string of the molecule is Cc1cc(C)c2c(n1)sc1c(NC3CN(c4ncc(C(F)(F)F)cn4)C3)nccc12. The molecule has 154 valence electrons. The molecule has 0 aliphatic carbocycles. The second-order valence-electron chi connectivity index (χ2n) is 7.41. The smallest absolute Gasteiger partial charge is 0.363 e. The van der Waals surface area contributed by atoms with Gasteiger partial charge < -0.3 is 10.2 Å². The Kier molecular flexibility index (Phi) is 4.28. The molecule has 0 aromatic carbocycles. The Morgan fingerprint density at radius 3 is 2.57 bits per heavy atom. The van der Waals surface area contributed by atoms with Gasteiger partial charge in [-0.3, -0.25) is 0 Å². The van der Waals surface area contributed by atoms with Crippen LogP contribution in [-0.2, 0) is 6.18 Å². The number of rotatable bonds is 3. The van der Waals surface area contributed by atoms with Gasteiger partial charge in [0.2, 0.25) is 5.95 Å². The zero-order chi connectivity index (χ0) is 21.0. The normalized spacial score (nSPS) is 15.0. The van der Waals surface area contributed by atoms with Crippen LogP contribution in [0.5, 0.6) is 0 Å². The van der Waals surface area contributed by atoms with E-state index in [4.69, 9.17) is 0 Å². The van der Waals surface area contributed by atoms with Gasteiger partial charge in [-0.25, -0.2) is 19.9 Å². The summed E-state index contributed by atoms with van der Waals surface area (Å²) in [7, 11) is 0. The zero-order valence-corrected chi connectivity index (χ0v) is 17.0. The predicted molar refractivity (Wildman–Crippen MR) is 111 cm³/mol. The van der Waals surface area contributed by atoms with Gasteiger partial charge in [0.15, 0.2) is 0 Å². The van der Waals surface area contributed by atoms with E-state index in [1.54, 1.807) is 17.5 Å². The molecular weight excluding hydrogens is 413 g/mol. The number of anilines is 2. The van der Waals surface area contributed by atoms with Crippen LogP contribution in [0.25, 0.3) is 20.3 Å². The molecule has 4 aromatic rings. The summed E-state index contributed by atoms with van der Waals surface area (Å²) in [6.45, 7) is 5.25. The minimum Gasteiger partial charge on any atom is -0.363 e. The summed E-state index contributed by atoms with van der Waals surface area (Å²) < 4.78 is 39.0. The van der Waals surface area contributed by atoms with Crippen molar-refractivity contribution in [3.8, 4) is 0 Å². The maximum absolute atomic E-state index is 12.7. The Bertz CT molecular complexity index is 1250. The summed E-state index contributed by atoms with van der Waals surface area (Å²) in [5.41, 5.74) is 1.33. The van der Waals surface area contributed by atoms with E-state index in [2.05, 4.69) is 38.2 Å². The Hall–Kier alpha value is -3.01. The van der Waals surface area contributed by atoms with Gasteiger partial charge >= 0.3 is 6.18 Å². The first-order valence-corrected chi connectivity index (χ1v) is 10.2. The fourth-order valence-electron chi connectivity index (χ4n) is 3.71. The Morgan fingerprint density at radius 1 is 1.13 bits per heavy atom. The third kappa shape index (κ3) is 3.20. The molecule has 5 rings (SSSR count). The quantitative estimate of drug-likeness (QED) is 0.514. The lowest BCUT2D eigenvalue weighted by molar-refractivity contribution is -0.138. The van der Waals surface area contributed by atoms with Crippen molar-refractivity contribution in [2.75, 3.05) is 23.3 Å². The number of nitrogens with one attached hydrogen (secondary N) is 1. The van der Waals surface area contributed by atoms with E-state index in [0.717, 1.165) is 44.2 Å². The van der Waals surface area contributed by atoms with Crippen molar-refractivity contribution in [2.45, 2.75) is 26.1 Å². The number of fused-ring (bicyclic) bond motifs is 3. The summed E-state index contributed by atoms with van der Waals surface area (Å²) in [5, 5.41) is 5.72. The molecule has 1 fully saturated rings. The third-order valence-corrected chi connectivity index (χ3v) is 6.26. The molecule has 10 heteroatoms. The standard InChI is InChI=1S/C20H17F3N6S/c1-10-5-11(2)27-18-15(10)14-3-4-24-17(16(14)30-18)28-13-8-29(9-13)19-25-6-12(7-26-19)20(21,22)23/h3-7,13H,8-9H2,1-2H3,(H,24,28). The van der Waals surface area contributed by atoms with Gasteiger partial charge in [0.05, 0.1) is 16.3 Å². The lowest BCUT2D eigenvalue weighted by Gasteiger charge is -2.39. The van der Waals surface area contributed by atoms with E-state index in [1.165, 1.54) is 5.56 Å². The lowest BCUT2D eigenvalue weighted by Crippen LogP contribution is -2.55.